The molecule has 5 N–H and O–H groups in total. The number of nitrogens with one attached hydrogen (secondary N) is 1. The van der Waals surface area contributed by atoms with Crippen LogP contribution in [-0.4, -0.2) is 231 Å². The van der Waals surface area contributed by atoms with E-state index in [0.29, 0.717) is 101 Å². The number of sulfone groups is 1. The van der Waals surface area contributed by atoms with E-state index in [0.717, 1.165) is 45.0 Å². The van der Waals surface area contributed by atoms with Gasteiger partial charge in [0.05, 0.1) is 126 Å². The van der Waals surface area contributed by atoms with Gasteiger partial charge in [-0.25, -0.2) is 13.1 Å². The van der Waals surface area contributed by atoms with E-state index in [1.807, 2.05) is 72.2 Å². The third-order valence-electron chi connectivity index (χ3n) is 22.4. The van der Waals surface area contributed by atoms with E-state index >= 15 is 0 Å². The number of hydrogen-bond donors (Lipinski definition) is 5. The maximum absolute atomic E-state index is 14.3. The van der Waals surface area contributed by atoms with Gasteiger partial charge in [0.1, 0.15) is 62.2 Å². The number of amides is 3. The number of thiophene rings is 2. The molecule has 10 aromatic rings. The summed E-state index contributed by atoms with van der Waals surface area (Å²) in [5, 5.41) is 57.1. The quantitative estimate of drug-likeness (QED) is 0.0135. The average Bonchev–Trinajstić information content (AvgIpc) is 1.40. The number of aromatic nitrogens is 3. The molecule has 33 nitrogen and oxygen atoms in total. The molecule has 0 aliphatic carbocycles. The molecule has 7 atom stereocenters. The average molecular weight is 1840 g/mol. The lowest BCUT2D eigenvalue weighted by molar-refractivity contribution is -0.916. The number of nitrogens with zero attached hydrogens (tertiary/aromatic N) is 8. The second-order valence-electron chi connectivity index (χ2n) is 32.3. The predicted octanol–water partition coefficient (Wildman–Crippen LogP) is 9.80. The van der Waals surface area contributed by atoms with Crippen LogP contribution in [0.15, 0.2) is 177 Å². The molecule has 1 saturated heterocycles. The van der Waals surface area contributed by atoms with Crippen molar-refractivity contribution in [3.63, 3.8) is 0 Å². The molecule has 1 unspecified atom stereocenters. The van der Waals surface area contributed by atoms with Crippen LogP contribution in [0.4, 0.5) is 11.4 Å². The first-order valence-electron chi connectivity index (χ1n) is 41.8. The summed E-state index contributed by atoms with van der Waals surface area (Å²) in [6.07, 6.45) is -2.09. The predicted molar refractivity (Wildman–Crippen MR) is 474 cm³/mol. The van der Waals surface area contributed by atoms with Crippen molar-refractivity contribution < 1.29 is 117 Å². The van der Waals surface area contributed by atoms with Crippen LogP contribution in [0, 0.1) is 6.92 Å². The van der Waals surface area contributed by atoms with Crippen molar-refractivity contribution in [2.45, 2.75) is 139 Å². The second-order valence-corrected chi connectivity index (χ2v) is 37.6. The summed E-state index contributed by atoms with van der Waals surface area (Å²) in [6, 6.07) is 38.9. The molecule has 129 heavy (non-hydrogen) atoms. The summed E-state index contributed by atoms with van der Waals surface area (Å²) in [7, 11) is -1.65. The molecule has 37 heteroatoms. The topological polar surface area (TPSA) is 410 Å². The largest absolute Gasteiger partial charge is 0.501 e. The Kier molecular flexibility index (Phi) is 29.2. The number of quaternary nitrogens is 1. The Hall–Kier alpha value is -11.7. The molecule has 0 bridgehead atoms. The van der Waals surface area contributed by atoms with Gasteiger partial charge in [-0.2, -0.15) is 0 Å². The second kappa shape index (κ2) is 41.0. The van der Waals surface area contributed by atoms with Gasteiger partial charge in [0.15, 0.2) is 55.9 Å². The first kappa shape index (κ1) is 92.0. The number of rotatable bonds is 41. The highest BCUT2D eigenvalue weighted by atomic mass is 32.3. The van der Waals surface area contributed by atoms with Crippen molar-refractivity contribution in [3.8, 4) is 40.2 Å². The van der Waals surface area contributed by atoms with Crippen molar-refractivity contribution in [3.05, 3.63) is 245 Å². The first-order chi connectivity index (χ1) is 62.1. The number of methoxy groups -OCH3 is 2. The molecule has 3 aromatic heterocycles. The first-order valence-corrected chi connectivity index (χ1v) is 46.5. The van der Waals surface area contributed by atoms with Crippen LogP contribution in [0.3, 0.4) is 0 Å². The number of Topliss-reactive ketones (excluding diaryl/α,β-unsaturated/α-hetero) is 2. The zero-order valence-corrected chi connectivity index (χ0v) is 74.6. The Labute approximate surface area is 752 Å². The van der Waals surface area contributed by atoms with Gasteiger partial charge in [-0.3, -0.25) is 34.0 Å². The summed E-state index contributed by atoms with van der Waals surface area (Å²) < 4.78 is 120. The Morgan fingerprint density at radius 2 is 1.19 bits per heavy atom. The van der Waals surface area contributed by atoms with Gasteiger partial charge in [-0.1, -0.05) is 35.0 Å². The number of carbonyl (C=O) groups excluding carboxylic acids is 5. The molecular weight excluding hydrogens is 1740 g/mol. The number of carbonyl (C=O) groups is 5. The normalized spacial score (nSPS) is 18.2. The molecular formula is C92H98N9O24S4+. The standard InChI is InChI=1S/C92H97N9O24S4/c1-56-11-18-70(19-12-56)128(111,112)33-23-76(104)61-8-6-9-63(37-61)89(108)93-24-27-118-29-30-119-55-66-49-98(97-96-66)25-28-117-26-7-10-75(103)62-15-20-77(122-92-88(107)87(106)86(105)83(52-102)123-92)82(38-62)125-129(113,114)124-69-16-13-57(14-17-69)50-101(2,3)51-58-34-59(53-120-80-43-73-71(41-78(80)115-4)90(109)99-47-64-21-31-126-84(64)39-67(99)45-94-73)36-60(35-58)54-121-81-44-74-72(42-79(81)116-5)91(110)100-48-65-22-32-127-85(65)40-68(100)46-95-74/h6,8-9,11-22,31-32,34-38,41-46,49,67-68,83,86-88,92,102,105-107H,7,10,23-30,33,39-40,47-48,50-55H2,1-5H3/p+1/t67-,68-,83+,86-,87-,88+,92?/m0/s1. The van der Waals surface area contributed by atoms with Crippen LogP contribution in [0.25, 0.3) is 0 Å². The van der Waals surface area contributed by atoms with E-state index < -0.39 is 86.5 Å². The molecule has 8 heterocycles. The van der Waals surface area contributed by atoms with Crippen LogP contribution < -0.4 is 37.4 Å². The Morgan fingerprint density at radius 1 is 0.589 bits per heavy atom. The summed E-state index contributed by atoms with van der Waals surface area (Å²) in [4.78, 5) is 84.1. The van der Waals surface area contributed by atoms with E-state index in [4.69, 9.17) is 61.0 Å². The van der Waals surface area contributed by atoms with Crippen molar-refractivity contribution in [1.29, 1.82) is 0 Å². The molecule has 15 rings (SSSR count). The lowest BCUT2D eigenvalue weighted by atomic mass is 9.99. The minimum atomic E-state index is -5.08. The van der Waals surface area contributed by atoms with Gasteiger partial charge < -0.3 is 91.0 Å². The maximum Gasteiger partial charge on any atom is 0.501 e. The van der Waals surface area contributed by atoms with Gasteiger partial charge in [-0.15, -0.1) is 36.2 Å². The van der Waals surface area contributed by atoms with E-state index in [1.54, 1.807) is 94.2 Å². The van der Waals surface area contributed by atoms with E-state index in [9.17, 15) is 61.2 Å². The SMILES string of the molecule is COc1cc2c(cc1OCc1cc(COc3cc4c(cc3OC)C(=O)N3Cc5ccsc5C[C@H]3C=N4)cc(C[N+](C)(C)Cc3ccc(OS(=O)(=O)Oc4cc(C(=O)CCCOCCn5cc(COCCOCCNC(=O)c6cccc(C(=O)CCS(=O)(=O)c7ccc(C)cc7)c6)nn5)ccc4OC4O[C@H](CO)[C@H](O)[C@H](O)[C@H]4O)cc3)c1)N=C[C@@H]1Cc3sccc3CN1C2=O. The summed E-state index contributed by atoms with van der Waals surface area (Å²) in [6.45, 7) is 4.52. The summed E-state index contributed by atoms with van der Waals surface area (Å²) in [5.74, 6) is -1.64. The molecule has 0 saturated carbocycles. The zero-order chi connectivity index (χ0) is 90.7. The molecule has 7 aromatic carbocycles. The lowest BCUT2D eigenvalue weighted by Gasteiger charge is -2.39. The number of ketones is 2. The van der Waals surface area contributed by atoms with Crippen LogP contribution in [0.5, 0.6) is 40.2 Å². The minimum Gasteiger partial charge on any atom is -0.493 e. The minimum absolute atomic E-state index is 0.0148. The number of hydrogen-bond acceptors (Lipinski definition) is 30. The van der Waals surface area contributed by atoms with Gasteiger partial charge in [0.25, 0.3) is 17.7 Å². The molecule has 5 aliphatic heterocycles. The van der Waals surface area contributed by atoms with Crippen LogP contribution in [-0.2, 0) is 105 Å². The van der Waals surface area contributed by atoms with Crippen LogP contribution in [0.1, 0.15) is 125 Å². The number of benzene rings is 7. The third kappa shape index (κ3) is 22.8. The van der Waals surface area contributed by atoms with Gasteiger partial charge in [0, 0.05) is 114 Å². The number of aliphatic hydroxyl groups is 4. The van der Waals surface area contributed by atoms with Gasteiger partial charge >= 0.3 is 10.4 Å². The van der Waals surface area contributed by atoms with E-state index in [2.05, 4.69) is 27.8 Å². The van der Waals surface area contributed by atoms with Gasteiger partial charge in [-0.05, 0) is 156 Å². The monoisotopic (exact) mass is 1840 g/mol. The van der Waals surface area contributed by atoms with Gasteiger partial charge in [0.2, 0.25) is 6.29 Å². The number of fused-ring (bicyclic) bond motifs is 6. The third-order valence-corrected chi connectivity index (χ3v) is 26.9. The van der Waals surface area contributed by atoms with Crippen molar-refractivity contribution in [2.75, 3.05) is 80.3 Å². The summed E-state index contributed by atoms with van der Waals surface area (Å²) in [5.41, 5.74) is 9.06. The highest BCUT2D eigenvalue weighted by Crippen LogP contribution is 2.43. The Morgan fingerprint density at radius 3 is 1.82 bits per heavy atom. The maximum atomic E-state index is 14.3. The fraction of sp³-hybridized carbons (Fsp3) is 0.359. The smallest absolute Gasteiger partial charge is 0.493 e. The van der Waals surface area contributed by atoms with Crippen LogP contribution >= 0.6 is 22.7 Å². The highest BCUT2D eigenvalue weighted by molar-refractivity contribution is 7.91. The van der Waals surface area contributed by atoms with Crippen LogP contribution in [0.2, 0.25) is 0 Å². The number of ether oxygens (including phenoxy) is 9. The molecule has 5 aliphatic rings. The number of aryl methyl sites for hydroxylation is 1. The fourth-order valence-corrected chi connectivity index (χ4v) is 19.5. The number of aliphatic hydroxyl groups excluding tert-OH is 4. The van der Waals surface area contributed by atoms with E-state index in [-0.39, 0.29) is 136 Å². The van der Waals surface area contributed by atoms with Crippen molar-refractivity contribution in [2.24, 2.45) is 9.98 Å². The Bertz CT molecular complexity index is 5900. The highest BCUT2D eigenvalue weighted by Gasteiger charge is 2.46. The molecule has 0 radical (unpaired) electrons. The summed E-state index contributed by atoms with van der Waals surface area (Å²) >= 11 is 3.35. The molecule has 0 spiro atoms. The zero-order valence-electron chi connectivity index (χ0n) is 71.3. The lowest BCUT2D eigenvalue weighted by Crippen LogP contribution is -2.60. The Balaban J connectivity index is 0.546. The molecule has 1 fully saturated rings. The molecule has 678 valence electrons. The van der Waals surface area contributed by atoms with Crippen molar-refractivity contribution in [1.82, 2.24) is 30.1 Å². The molecule has 3 amide bonds. The van der Waals surface area contributed by atoms with E-state index in [1.165, 1.54) is 72.5 Å². The fourth-order valence-electron chi connectivity index (χ4n) is 15.7. The van der Waals surface area contributed by atoms with Crippen molar-refractivity contribution >= 4 is 96.0 Å². The number of aliphatic imine (C=N–C) groups is 2.